The van der Waals surface area contributed by atoms with Crippen molar-refractivity contribution in [1.29, 1.82) is 0 Å². The number of aryl methyl sites for hydroxylation is 1. The standard InChI is InChI=1S/C23H30O4/c1-13-10-15-17(20(24)26-19(15)16(11-13)21(3,4)5)18-14(2)12-23(25-9,27-18)22(6,7)8/h10-12H,1-9H3. The summed E-state index contributed by atoms with van der Waals surface area (Å²) in [6, 6.07) is 4.09. The van der Waals surface area contributed by atoms with E-state index in [1.807, 2.05) is 26.0 Å². The number of allylic oxidation sites excluding steroid dienone is 1. The highest BCUT2D eigenvalue weighted by Gasteiger charge is 2.49. The Morgan fingerprint density at radius 2 is 1.67 bits per heavy atom. The van der Waals surface area contributed by atoms with Crippen molar-refractivity contribution >= 4 is 11.5 Å². The van der Waals surface area contributed by atoms with E-state index in [2.05, 4.69) is 47.6 Å². The van der Waals surface area contributed by atoms with Crippen molar-refractivity contribution in [2.75, 3.05) is 7.11 Å². The van der Waals surface area contributed by atoms with E-state index in [4.69, 9.17) is 14.2 Å². The number of rotatable bonds is 1. The van der Waals surface area contributed by atoms with Gasteiger partial charge in [0.15, 0.2) is 0 Å². The van der Waals surface area contributed by atoms with Gasteiger partial charge in [0.25, 0.3) is 0 Å². The van der Waals surface area contributed by atoms with Gasteiger partial charge in [-0.3, -0.25) is 0 Å². The molecule has 1 unspecified atom stereocenters. The van der Waals surface area contributed by atoms with Crippen LogP contribution >= 0.6 is 0 Å². The van der Waals surface area contributed by atoms with Crippen LogP contribution in [0.5, 0.6) is 5.75 Å². The van der Waals surface area contributed by atoms with Gasteiger partial charge in [-0.15, -0.1) is 0 Å². The first-order valence-electron chi connectivity index (χ1n) is 9.37. The molecular weight excluding hydrogens is 340 g/mol. The average Bonchev–Trinajstić information content (AvgIpc) is 3.02. The highest BCUT2D eigenvalue weighted by atomic mass is 16.7. The summed E-state index contributed by atoms with van der Waals surface area (Å²) in [5.41, 5.74) is 3.83. The van der Waals surface area contributed by atoms with Gasteiger partial charge in [0.05, 0.1) is 0 Å². The fourth-order valence-electron chi connectivity index (χ4n) is 3.73. The van der Waals surface area contributed by atoms with Crippen LogP contribution in [-0.2, 0) is 19.7 Å². The van der Waals surface area contributed by atoms with Gasteiger partial charge in [-0.05, 0) is 42.5 Å². The highest BCUT2D eigenvalue weighted by molar-refractivity contribution is 6.23. The molecule has 1 atom stereocenters. The minimum atomic E-state index is -0.918. The first-order valence-corrected chi connectivity index (χ1v) is 9.37. The van der Waals surface area contributed by atoms with E-state index in [1.165, 1.54) is 0 Å². The molecule has 0 bridgehead atoms. The number of hydrogen-bond acceptors (Lipinski definition) is 4. The van der Waals surface area contributed by atoms with E-state index >= 15 is 0 Å². The molecule has 2 aliphatic heterocycles. The van der Waals surface area contributed by atoms with Crippen LogP contribution in [0.25, 0.3) is 5.57 Å². The van der Waals surface area contributed by atoms with Gasteiger partial charge in [-0.2, -0.15) is 0 Å². The van der Waals surface area contributed by atoms with E-state index in [0.717, 1.165) is 22.3 Å². The first kappa shape index (κ1) is 19.7. The molecular formula is C23H30O4. The molecule has 2 aliphatic rings. The van der Waals surface area contributed by atoms with E-state index < -0.39 is 5.79 Å². The van der Waals surface area contributed by atoms with Gasteiger partial charge in [-0.25, -0.2) is 4.79 Å². The smallest absolute Gasteiger partial charge is 0.348 e. The quantitative estimate of drug-likeness (QED) is 0.383. The molecule has 0 radical (unpaired) electrons. The lowest BCUT2D eigenvalue weighted by molar-refractivity contribution is -0.211. The van der Waals surface area contributed by atoms with Gasteiger partial charge in [0.2, 0.25) is 5.79 Å². The Labute approximate surface area is 162 Å². The Bertz CT molecular complexity index is 875. The van der Waals surface area contributed by atoms with Crippen molar-refractivity contribution in [2.24, 2.45) is 5.41 Å². The van der Waals surface area contributed by atoms with Crippen molar-refractivity contribution in [2.45, 2.75) is 66.6 Å². The van der Waals surface area contributed by atoms with Crippen LogP contribution in [0.15, 0.2) is 29.5 Å². The Morgan fingerprint density at radius 3 is 2.15 bits per heavy atom. The van der Waals surface area contributed by atoms with Gasteiger partial charge >= 0.3 is 5.97 Å². The van der Waals surface area contributed by atoms with Gasteiger partial charge in [0, 0.05) is 23.7 Å². The molecule has 0 saturated heterocycles. The van der Waals surface area contributed by atoms with Crippen LogP contribution in [0.1, 0.15) is 65.2 Å². The normalized spacial score (nSPS) is 25.2. The number of carbonyl (C=O) groups is 1. The number of benzene rings is 1. The summed E-state index contributed by atoms with van der Waals surface area (Å²) in [5, 5.41) is 0. The molecule has 4 nitrogen and oxygen atoms in total. The van der Waals surface area contributed by atoms with E-state index in [0.29, 0.717) is 17.1 Å². The monoisotopic (exact) mass is 370 g/mol. The van der Waals surface area contributed by atoms with Gasteiger partial charge in [-0.1, -0.05) is 47.6 Å². The molecule has 2 heterocycles. The first-order chi connectivity index (χ1) is 12.3. The summed E-state index contributed by atoms with van der Waals surface area (Å²) in [6.07, 6.45) is 1.96. The molecule has 146 valence electrons. The van der Waals surface area contributed by atoms with Crippen LogP contribution in [0.4, 0.5) is 0 Å². The Kier molecular flexibility index (Phi) is 4.35. The number of esters is 1. The van der Waals surface area contributed by atoms with Crippen LogP contribution in [-0.4, -0.2) is 18.9 Å². The maximum Gasteiger partial charge on any atom is 0.348 e. The summed E-state index contributed by atoms with van der Waals surface area (Å²) in [7, 11) is 1.63. The summed E-state index contributed by atoms with van der Waals surface area (Å²) >= 11 is 0. The predicted molar refractivity (Wildman–Crippen MR) is 106 cm³/mol. The fourth-order valence-corrected chi connectivity index (χ4v) is 3.73. The second kappa shape index (κ2) is 5.96. The maximum absolute atomic E-state index is 12.9. The zero-order chi connectivity index (χ0) is 20.4. The lowest BCUT2D eigenvalue weighted by atomic mass is 9.83. The summed E-state index contributed by atoms with van der Waals surface area (Å²) < 4.78 is 17.8. The zero-order valence-corrected chi connectivity index (χ0v) is 17.9. The summed E-state index contributed by atoms with van der Waals surface area (Å²) in [6.45, 7) is 16.5. The molecule has 4 heteroatoms. The van der Waals surface area contributed by atoms with Crippen LogP contribution in [0, 0.1) is 12.3 Å². The van der Waals surface area contributed by atoms with Crippen molar-refractivity contribution < 1.29 is 19.0 Å². The third-order valence-electron chi connectivity index (χ3n) is 5.30. The fraction of sp³-hybridized carbons (Fsp3) is 0.522. The SMILES string of the molecule is COC1(C(C)(C)C)C=C(C)C(=C2C(=O)Oc3c2cc(C)cc3C(C)(C)C)O1. The number of fused-ring (bicyclic) bond motifs is 1. The molecule has 1 aromatic carbocycles. The zero-order valence-electron chi connectivity index (χ0n) is 17.9. The summed E-state index contributed by atoms with van der Waals surface area (Å²) in [4.78, 5) is 12.9. The molecule has 0 fully saturated rings. The van der Waals surface area contributed by atoms with Crippen molar-refractivity contribution in [3.63, 3.8) is 0 Å². The summed E-state index contributed by atoms with van der Waals surface area (Å²) in [5.74, 6) is -0.104. The highest BCUT2D eigenvalue weighted by Crippen LogP contribution is 2.50. The molecule has 0 aromatic heterocycles. The van der Waals surface area contributed by atoms with E-state index in [-0.39, 0.29) is 16.8 Å². The molecule has 0 spiro atoms. The van der Waals surface area contributed by atoms with E-state index in [1.54, 1.807) is 7.11 Å². The predicted octanol–water partition coefficient (Wildman–Crippen LogP) is 5.29. The van der Waals surface area contributed by atoms with Gasteiger partial charge < -0.3 is 14.2 Å². The largest absolute Gasteiger partial charge is 0.457 e. The van der Waals surface area contributed by atoms with Crippen LogP contribution < -0.4 is 4.74 Å². The van der Waals surface area contributed by atoms with Crippen molar-refractivity contribution in [3.8, 4) is 5.75 Å². The Morgan fingerprint density at radius 1 is 1.04 bits per heavy atom. The van der Waals surface area contributed by atoms with E-state index in [9.17, 15) is 4.79 Å². The molecule has 27 heavy (non-hydrogen) atoms. The third-order valence-corrected chi connectivity index (χ3v) is 5.30. The number of carbonyl (C=O) groups excluding carboxylic acids is 1. The average molecular weight is 370 g/mol. The minimum Gasteiger partial charge on any atom is -0.457 e. The van der Waals surface area contributed by atoms with Crippen LogP contribution in [0.2, 0.25) is 0 Å². The number of hydrogen-bond donors (Lipinski definition) is 0. The molecule has 1 aromatic rings. The lowest BCUT2D eigenvalue weighted by Gasteiger charge is -2.38. The minimum absolute atomic E-state index is 0.139. The molecule has 0 aliphatic carbocycles. The van der Waals surface area contributed by atoms with Crippen LogP contribution in [0.3, 0.4) is 0 Å². The topological polar surface area (TPSA) is 44.8 Å². The third kappa shape index (κ3) is 3.00. The molecule has 0 N–H and O–H groups in total. The second-order valence-electron chi connectivity index (χ2n) is 9.58. The van der Waals surface area contributed by atoms with Crippen molar-refractivity contribution in [3.05, 3.63) is 46.2 Å². The van der Waals surface area contributed by atoms with Crippen molar-refractivity contribution in [1.82, 2.24) is 0 Å². The van der Waals surface area contributed by atoms with Gasteiger partial charge in [0.1, 0.15) is 17.1 Å². The number of ether oxygens (including phenoxy) is 3. The lowest BCUT2D eigenvalue weighted by Crippen LogP contribution is -2.43. The molecule has 3 rings (SSSR count). The molecule has 0 amide bonds. The Balaban J connectivity index is 2.24. The second-order valence-corrected chi connectivity index (χ2v) is 9.58. The number of methoxy groups -OCH3 is 1. The Hall–Kier alpha value is -2.07. The maximum atomic E-state index is 12.9. The molecule has 0 saturated carbocycles.